The van der Waals surface area contributed by atoms with E-state index in [0.29, 0.717) is 6.54 Å². The lowest BCUT2D eigenvalue weighted by Crippen LogP contribution is -2.19. The highest BCUT2D eigenvalue weighted by Crippen LogP contribution is 2.10. The lowest BCUT2D eigenvalue weighted by Gasteiger charge is -2.08. The molecule has 0 fully saturated rings. The molecule has 5 nitrogen and oxygen atoms in total. The predicted molar refractivity (Wildman–Crippen MR) is 50.6 cm³/mol. The van der Waals surface area contributed by atoms with E-state index in [1.54, 1.807) is 29.4 Å². The molecule has 0 aliphatic rings. The van der Waals surface area contributed by atoms with Crippen LogP contribution in [0.15, 0.2) is 24.8 Å². The zero-order valence-electron chi connectivity index (χ0n) is 7.54. The number of hydrogen-bond donors (Lipinski definition) is 2. The third kappa shape index (κ3) is 1.59. The van der Waals surface area contributed by atoms with Crippen LogP contribution in [0.1, 0.15) is 0 Å². The van der Waals surface area contributed by atoms with Crippen molar-refractivity contribution in [3.8, 4) is 0 Å². The van der Waals surface area contributed by atoms with Gasteiger partial charge in [0.2, 0.25) is 0 Å². The molecule has 74 valence electrons. The molecule has 0 saturated carbocycles. The van der Waals surface area contributed by atoms with Crippen molar-refractivity contribution in [2.75, 3.05) is 6.61 Å². The minimum atomic E-state index is -0.757. The van der Waals surface area contributed by atoms with E-state index >= 15 is 0 Å². The molecular weight excluding hydrogens is 182 g/mol. The van der Waals surface area contributed by atoms with Gasteiger partial charge in [0.1, 0.15) is 0 Å². The van der Waals surface area contributed by atoms with Gasteiger partial charge in [0.05, 0.1) is 42.8 Å². The molecule has 1 atom stereocenters. The summed E-state index contributed by atoms with van der Waals surface area (Å²) in [6.07, 6.45) is 4.23. The fraction of sp³-hybridized carbons (Fsp3) is 0.333. The molecular formula is C9H11N3O2. The van der Waals surface area contributed by atoms with Gasteiger partial charge in [-0.25, -0.2) is 4.98 Å². The summed E-state index contributed by atoms with van der Waals surface area (Å²) in [7, 11) is 0. The molecule has 0 aromatic carbocycles. The molecule has 2 heterocycles. The molecule has 2 aromatic heterocycles. The Balaban J connectivity index is 2.33. The van der Waals surface area contributed by atoms with Crippen molar-refractivity contribution in [1.82, 2.24) is 14.5 Å². The maximum atomic E-state index is 9.27. The Kier molecular flexibility index (Phi) is 2.43. The molecule has 0 bridgehead atoms. The van der Waals surface area contributed by atoms with Crippen LogP contribution in [0, 0.1) is 0 Å². The summed E-state index contributed by atoms with van der Waals surface area (Å²) in [5.74, 6) is 0. The van der Waals surface area contributed by atoms with Crippen LogP contribution in [-0.4, -0.2) is 37.5 Å². The lowest BCUT2D eigenvalue weighted by molar-refractivity contribution is 0.0821. The summed E-state index contributed by atoms with van der Waals surface area (Å²) < 4.78 is 1.77. The highest BCUT2D eigenvalue weighted by Gasteiger charge is 2.06. The molecule has 1 unspecified atom stereocenters. The Morgan fingerprint density at radius 1 is 1.50 bits per heavy atom. The molecule has 0 aliphatic heterocycles. The van der Waals surface area contributed by atoms with Crippen molar-refractivity contribution < 1.29 is 10.2 Å². The highest BCUT2D eigenvalue weighted by molar-refractivity contribution is 5.73. The topological polar surface area (TPSA) is 71.2 Å². The highest BCUT2D eigenvalue weighted by atomic mass is 16.3. The number of hydrogen-bond acceptors (Lipinski definition) is 4. The van der Waals surface area contributed by atoms with E-state index in [1.165, 1.54) is 0 Å². The van der Waals surface area contributed by atoms with Crippen LogP contribution < -0.4 is 0 Å². The molecule has 2 N–H and O–H groups in total. The Hall–Kier alpha value is -1.46. The van der Waals surface area contributed by atoms with Crippen molar-refractivity contribution >= 4 is 11.0 Å². The van der Waals surface area contributed by atoms with E-state index in [4.69, 9.17) is 5.11 Å². The normalized spacial score (nSPS) is 13.3. The van der Waals surface area contributed by atoms with Crippen molar-refractivity contribution in [1.29, 1.82) is 0 Å². The Bertz CT molecular complexity index is 427. The number of aromatic nitrogens is 3. The van der Waals surface area contributed by atoms with Crippen molar-refractivity contribution in [3.63, 3.8) is 0 Å². The summed E-state index contributed by atoms with van der Waals surface area (Å²) in [5.41, 5.74) is 1.70. The Morgan fingerprint density at radius 3 is 3.14 bits per heavy atom. The number of aliphatic hydroxyl groups excluding tert-OH is 2. The standard InChI is InChI=1S/C9H11N3O2/c13-5-7(14)4-12-6-11-8-1-2-10-3-9(8)12/h1-3,6-7,13-14H,4-5H2. The van der Waals surface area contributed by atoms with Crippen molar-refractivity contribution in [3.05, 3.63) is 24.8 Å². The van der Waals surface area contributed by atoms with Gasteiger partial charge in [-0.1, -0.05) is 0 Å². The van der Waals surface area contributed by atoms with E-state index < -0.39 is 6.10 Å². The van der Waals surface area contributed by atoms with Crippen LogP contribution in [-0.2, 0) is 6.54 Å². The quantitative estimate of drug-likeness (QED) is 0.707. The molecule has 0 saturated heterocycles. The first-order chi connectivity index (χ1) is 6.81. The summed E-state index contributed by atoms with van der Waals surface area (Å²) >= 11 is 0. The summed E-state index contributed by atoms with van der Waals surface area (Å²) in [4.78, 5) is 8.11. The van der Waals surface area contributed by atoms with Gasteiger partial charge in [0.15, 0.2) is 0 Å². The SMILES string of the molecule is OCC(O)Cn1cnc2ccncc21. The third-order valence-electron chi connectivity index (χ3n) is 2.04. The minimum Gasteiger partial charge on any atom is -0.394 e. The fourth-order valence-electron chi connectivity index (χ4n) is 1.33. The average molecular weight is 193 g/mol. The zero-order valence-corrected chi connectivity index (χ0v) is 7.54. The second-order valence-electron chi connectivity index (χ2n) is 3.10. The van der Waals surface area contributed by atoms with Crippen LogP contribution in [0.3, 0.4) is 0 Å². The first kappa shape index (κ1) is 9.11. The lowest BCUT2D eigenvalue weighted by atomic mass is 10.3. The maximum absolute atomic E-state index is 9.27. The molecule has 0 amide bonds. The fourth-order valence-corrected chi connectivity index (χ4v) is 1.33. The van der Waals surface area contributed by atoms with Crippen LogP contribution in [0.4, 0.5) is 0 Å². The monoisotopic (exact) mass is 193 g/mol. The minimum absolute atomic E-state index is 0.250. The second-order valence-corrected chi connectivity index (χ2v) is 3.10. The first-order valence-electron chi connectivity index (χ1n) is 4.35. The molecule has 0 radical (unpaired) electrons. The van der Waals surface area contributed by atoms with Gasteiger partial charge in [0, 0.05) is 6.20 Å². The molecule has 0 spiro atoms. The summed E-state index contributed by atoms with van der Waals surface area (Å²) in [6.45, 7) is 0.0820. The van der Waals surface area contributed by atoms with Gasteiger partial charge in [-0.3, -0.25) is 4.98 Å². The molecule has 0 aliphatic carbocycles. The van der Waals surface area contributed by atoms with Gasteiger partial charge in [0.25, 0.3) is 0 Å². The number of imidazole rings is 1. The first-order valence-corrected chi connectivity index (χ1v) is 4.35. The molecule has 5 heteroatoms. The van der Waals surface area contributed by atoms with E-state index in [1.807, 2.05) is 0 Å². The van der Waals surface area contributed by atoms with Gasteiger partial charge >= 0.3 is 0 Å². The molecule has 2 aromatic rings. The average Bonchev–Trinajstić information content (AvgIpc) is 2.62. The summed E-state index contributed by atoms with van der Waals surface area (Å²) in [6, 6.07) is 1.80. The van der Waals surface area contributed by atoms with Crippen molar-refractivity contribution in [2.24, 2.45) is 0 Å². The largest absolute Gasteiger partial charge is 0.394 e. The molecule has 2 rings (SSSR count). The Labute approximate surface area is 80.7 Å². The maximum Gasteiger partial charge on any atom is 0.0959 e. The van der Waals surface area contributed by atoms with Crippen LogP contribution in [0.25, 0.3) is 11.0 Å². The van der Waals surface area contributed by atoms with Crippen molar-refractivity contribution in [2.45, 2.75) is 12.6 Å². The summed E-state index contributed by atoms with van der Waals surface area (Å²) in [5, 5.41) is 18.0. The van der Waals surface area contributed by atoms with Gasteiger partial charge < -0.3 is 14.8 Å². The van der Waals surface area contributed by atoms with Crippen LogP contribution >= 0.6 is 0 Å². The van der Waals surface area contributed by atoms with Gasteiger partial charge in [-0.05, 0) is 6.07 Å². The van der Waals surface area contributed by atoms with Gasteiger partial charge in [-0.2, -0.15) is 0 Å². The zero-order chi connectivity index (χ0) is 9.97. The second kappa shape index (κ2) is 3.73. The van der Waals surface area contributed by atoms with E-state index in [-0.39, 0.29) is 6.61 Å². The number of pyridine rings is 1. The number of fused-ring (bicyclic) bond motifs is 1. The third-order valence-corrected chi connectivity index (χ3v) is 2.04. The van der Waals surface area contributed by atoms with E-state index in [9.17, 15) is 5.11 Å². The predicted octanol–water partition coefficient (Wildman–Crippen LogP) is -0.216. The van der Waals surface area contributed by atoms with E-state index in [0.717, 1.165) is 11.0 Å². The van der Waals surface area contributed by atoms with Crippen LogP contribution in [0.5, 0.6) is 0 Å². The number of aliphatic hydroxyl groups is 2. The number of rotatable bonds is 3. The van der Waals surface area contributed by atoms with E-state index in [2.05, 4.69) is 9.97 Å². The van der Waals surface area contributed by atoms with Gasteiger partial charge in [-0.15, -0.1) is 0 Å². The molecule has 14 heavy (non-hydrogen) atoms. The number of nitrogens with zero attached hydrogens (tertiary/aromatic N) is 3. The van der Waals surface area contributed by atoms with Crippen LogP contribution in [0.2, 0.25) is 0 Å². The smallest absolute Gasteiger partial charge is 0.0959 e. The Morgan fingerprint density at radius 2 is 2.36 bits per heavy atom.